The molecule has 0 fully saturated rings. The lowest BCUT2D eigenvalue weighted by Gasteiger charge is -2.19. The smallest absolute Gasteiger partial charge is 0.257 e. The van der Waals surface area contributed by atoms with Gasteiger partial charge in [-0.05, 0) is 36.5 Å². The second kappa shape index (κ2) is 8.65. The van der Waals surface area contributed by atoms with Gasteiger partial charge in [0.2, 0.25) is 0 Å². The third-order valence-corrected chi connectivity index (χ3v) is 4.44. The maximum absolute atomic E-state index is 12.8. The summed E-state index contributed by atoms with van der Waals surface area (Å²) < 4.78 is 0. The summed E-state index contributed by atoms with van der Waals surface area (Å²) in [5.41, 5.74) is 4.68. The normalized spacial score (nSPS) is 10.8. The van der Waals surface area contributed by atoms with Gasteiger partial charge in [-0.15, -0.1) is 0 Å². The summed E-state index contributed by atoms with van der Waals surface area (Å²) in [6.07, 6.45) is 5.69. The Bertz CT molecular complexity index is 725. The predicted octanol–water partition coefficient (Wildman–Crippen LogP) is 5.00. The van der Waals surface area contributed by atoms with Gasteiger partial charge in [0.1, 0.15) is 0 Å². The highest BCUT2D eigenvalue weighted by atomic mass is 16.1. The molecule has 1 aromatic carbocycles. The lowest BCUT2D eigenvalue weighted by atomic mass is 9.98. The van der Waals surface area contributed by atoms with Crippen molar-refractivity contribution in [3.63, 3.8) is 0 Å². The van der Waals surface area contributed by atoms with Crippen molar-refractivity contribution in [2.45, 2.75) is 46.5 Å². The molecule has 4 heteroatoms. The number of nitrogens with zero attached hydrogens (tertiary/aromatic N) is 2. The molecule has 2 rings (SSSR count). The van der Waals surface area contributed by atoms with E-state index in [2.05, 4.69) is 42.0 Å². The molecule has 0 saturated carbocycles. The van der Waals surface area contributed by atoms with Gasteiger partial charge in [0.25, 0.3) is 5.91 Å². The summed E-state index contributed by atoms with van der Waals surface area (Å²) in [6.45, 7) is 9.42. The van der Waals surface area contributed by atoms with Gasteiger partial charge in [-0.2, -0.15) is 0 Å². The Morgan fingerprint density at radius 1 is 1.28 bits per heavy atom. The minimum Gasteiger partial charge on any atom is -0.373 e. The molecule has 4 nitrogen and oxygen atoms in total. The zero-order chi connectivity index (χ0) is 18.4. The number of aryl methyl sites for hydroxylation is 1. The van der Waals surface area contributed by atoms with Crippen LogP contribution in [0.1, 0.15) is 61.0 Å². The largest absolute Gasteiger partial charge is 0.373 e. The fraction of sp³-hybridized carbons (Fsp3) is 0.429. The van der Waals surface area contributed by atoms with Crippen molar-refractivity contribution in [3.05, 3.63) is 53.3 Å². The van der Waals surface area contributed by atoms with E-state index < -0.39 is 0 Å². The maximum Gasteiger partial charge on any atom is 0.257 e. The summed E-state index contributed by atoms with van der Waals surface area (Å²) in [5.74, 6) is 0.231. The Balaban J connectivity index is 2.22. The van der Waals surface area contributed by atoms with Crippen molar-refractivity contribution in [1.29, 1.82) is 0 Å². The maximum atomic E-state index is 12.8. The summed E-state index contributed by atoms with van der Waals surface area (Å²) in [6, 6.07) is 8.03. The number of nitrogens with one attached hydrogen (secondary N) is 1. The lowest BCUT2D eigenvalue weighted by Crippen LogP contribution is -2.20. The SMILES string of the molecule is CCCCN(C)c1cncc(C(=O)Nc2c(C)cccc2C(C)C)c1. The quantitative estimate of drug-likeness (QED) is 0.772. The van der Waals surface area contributed by atoms with Crippen molar-refractivity contribution in [1.82, 2.24) is 4.98 Å². The van der Waals surface area contributed by atoms with Crippen LogP contribution in [-0.4, -0.2) is 24.5 Å². The standard InChI is InChI=1S/C21H29N3O/c1-6-7-11-24(5)18-12-17(13-22-14-18)21(25)23-20-16(4)9-8-10-19(20)15(2)3/h8-10,12-15H,6-7,11H2,1-5H3,(H,23,25). The van der Waals surface area contributed by atoms with Gasteiger partial charge in [-0.1, -0.05) is 45.4 Å². The Morgan fingerprint density at radius 3 is 2.72 bits per heavy atom. The zero-order valence-corrected chi connectivity index (χ0v) is 16.0. The van der Waals surface area contributed by atoms with E-state index in [1.165, 1.54) is 0 Å². The summed E-state index contributed by atoms with van der Waals surface area (Å²) in [5, 5.41) is 3.09. The highest BCUT2D eigenvalue weighted by molar-refractivity contribution is 6.05. The highest BCUT2D eigenvalue weighted by Crippen LogP contribution is 2.28. The number of rotatable bonds is 7. The summed E-state index contributed by atoms with van der Waals surface area (Å²) in [4.78, 5) is 19.2. The van der Waals surface area contributed by atoms with Gasteiger partial charge in [0, 0.05) is 25.5 Å². The third-order valence-electron chi connectivity index (χ3n) is 4.44. The molecule has 0 radical (unpaired) electrons. The van der Waals surface area contributed by atoms with Crippen LogP contribution < -0.4 is 10.2 Å². The van der Waals surface area contributed by atoms with E-state index in [4.69, 9.17) is 0 Å². The predicted molar refractivity (Wildman–Crippen MR) is 106 cm³/mol. The van der Waals surface area contributed by atoms with Gasteiger partial charge >= 0.3 is 0 Å². The fourth-order valence-electron chi connectivity index (χ4n) is 2.81. The molecule has 0 spiro atoms. The molecule has 1 heterocycles. The summed E-state index contributed by atoms with van der Waals surface area (Å²) >= 11 is 0. The van der Waals surface area contributed by atoms with Crippen LogP contribution in [-0.2, 0) is 0 Å². The van der Waals surface area contributed by atoms with E-state index in [0.717, 1.165) is 41.9 Å². The number of hydrogen-bond acceptors (Lipinski definition) is 3. The Kier molecular flexibility index (Phi) is 6.57. The van der Waals surface area contributed by atoms with Crippen molar-refractivity contribution in [2.75, 3.05) is 23.8 Å². The molecule has 134 valence electrons. The molecule has 0 aliphatic rings. The van der Waals surface area contributed by atoms with E-state index >= 15 is 0 Å². The van der Waals surface area contributed by atoms with Crippen LogP contribution in [0, 0.1) is 6.92 Å². The van der Waals surface area contributed by atoms with Gasteiger partial charge in [0.15, 0.2) is 0 Å². The molecule has 25 heavy (non-hydrogen) atoms. The Morgan fingerprint density at radius 2 is 2.04 bits per heavy atom. The Hall–Kier alpha value is -2.36. The number of pyridine rings is 1. The molecule has 0 unspecified atom stereocenters. The topological polar surface area (TPSA) is 45.2 Å². The molecule has 1 N–H and O–H groups in total. The molecular formula is C21H29N3O. The van der Waals surface area contributed by atoms with Crippen LogP contribution in [0.3, 0.4) is 0 Å². The average molecular weight is 339 g/mol. The fourth-order valence-corrected chi connectivity index (χ4v) is 2.81. The van der Waals surface area contributed by atoms with Crippen molar-refractivity contribution >= 4 is 17.3 Å². The number of benzene rings is 1. The lowest BCUT2D eigenvalue weighted by molar-refractivity contribution is 0.102. The summed E-state index contributed by atoms with van der Waals surface area (Å²) in [7, 11) is 2.03. The van der Waals surface area contributed by atoms with Crippen LogP contribution in [0.2, 0.25) is 0 Å². The van der Waals surface area contributed by atoms with Crippen molar-refractivity contribution in [3.8, 4) is 0 Å². The van der Waals surface area contributed by atoms with Crippen molar-refractivity contribution in [2.24, 2.45) is 0 Å². The minimum atomic E-state index is -0.116. The van der Waals surface area contributed by atoms with E-state index in [1.54, 1.807) is 12.4 Å². The van der Waals surface area contributed by atoms with Crippen LogP contribution in [0.4, 0.5) is 11.4 Å². The van der Waals surface area contributed by atoms with Gasteiger partial charge in [0.05, 0.1) is 17.4 Å². The van der Waals surface area contributed by atoms with E-state index in [1.807, 2.05) is 32.2 Å². The van der Waals surface area contributed by atoms with E-state index in [0.29, 0.717) is 11.5 Å². The first kappa shape index (κ1) is 19.0. The van der Waals surface area contributed by atoms with Crippen LogP contribution >= 0.6 is 0 Å². The number of carbonyl (C=O) groups is 1. The van der Waals surface area contributed by atoms with Gasteiger partial charge < -0.3 is 10.2 Å². The first-order chi connectivity index (χ1) is 11.9. The first-order valence-electron chi connectivity index (χ1n) is 9.01. The molecule has 0 saturated heterocycles. The molecule has 0 aliphatic heterocycles. The van der Waals surface area contributed by atoms with Crippen LogP contribution in [0.25, 0.3) is 0 Å². The molecule has 1 amide bonds. The van der Waals surface area contributed by atoms with Crippen LogP contribution in [0.5, 0.6) is 0 Å². The minimum absolute atomic E-state index is 0.116. The number of para-hydroxylation sites is 1. The Labute approximate surface area is 151 Å². The molecule has 0 aliphatic carbocycles. The first-order valence-corrected chi connectivity index (χ1v) is 9.01. The molecule has 1 aromatic heterocycles. The van der Waals surface area contributed by atoms with E-state index in [9.17, 15) is 4.79 Å². The molecular weight excluding hydrogens is 310 g/mol. The molecule has 2 aromatic rings. The van der Waals surface area contributed by atoms with Gasteiger partial charge in [-0.3, -0.25) is 9.78 Å². The zero-order valence-electron chi connectivity index (χ0n) is 16.0. The number of aromatic nitrogens is 1. The van der Waals surface area contributed by atoms with Crippen LogP contribution in [0.15, 0.2) is 36.7 Å². The second-order valence-electron chi connectivity index (χ2n) is 6.85. The third kappa shape index (κ3) is 4.81. The van der Waals surface area contributed by atoms with E-state index in [-0.39, 0.29) is 5.91 Å². The number of unbranched alkanes of at least 4 members (excludes halogenated alkanes) is 1. The second-order valence-corrected chi connectivity index (χ2v) is 6.85. The highest BCUT2D eigenvalue weighted by Gasteiger charge is 2.14. The molecule has 0 bridgehead atoms. The number of carbonyl (C=O) groups excluding carboxylic acids is 1. The average Bonchev–Trinajstić information content (AvgIpc) is 2.61. The molecule has 0 atom stereocenters. The number of amides is 1. The van der Waals surface area contributed by atoms with Gasteiger partial charge in [-0.25, -0.2) is 0 Å². The number of hydrogen-bond donors (Lipinski definition) is 1. The van der Waals surface area contributed by atoms with Crippen molar-refractivity contribution < 1.29 is 4.79 Å². The number of anilines is 2. The monoisotopic (exact) mass is 339 g/mol.